The van der Waals surface area contributed by atoms with Gasteiger partial charge in [0.05, 0.1) is 12.1 Å². The van der Waals surface area contributed by atoms with E-state index in [0.29, 0.717) is 19.4 Å². The first kappa shape index (κ1) is 22.6. The van der Waals surface area contributed by atoms with Crippen molar-refractivity contribution < 1.29 is 9.59 Å². The second-order valence-electron chi connectivity index (χ2n) is 6.80. The Labute approximate surface area is 163 Å². The van der Waals surface area contributed by atoms with Crippen LogP contribution >= 0.6 is 0 Å². The van der Waals surface area contributed by atoms with Gasteiger partial charge in [-0.2, -0.15) is 0 Å². The fourth-order valence-electron chi connectivity index (χ4n) is 2.86. The third-order valence-corrected chi connectivity index (χ3v) is 4.31. The lowest BCUT2D eigenvalue weighted by molar-refractivity contribution is -0.130. The van der Waals surface area contributed by atoms with E-state index in [0.717, 1.165) is 11.1 Å². The molecule has 2 N–H and O–H groups in total. The van der Waals surface area contributed by atoms with Gasteiger partial charge in [0.2, 0.25) is 5.91 Å². The molecule has 0 radical (unpaired) electrons. The van der Waals surface area contributed by atoms with E-state index in [1.165, 1.54) is 0 Å². The summed E-state index contributed by atoms with van der Waals surface area (Å²) < 4.78 is 0. The third kappa shape index (κ3) is 7.75. The zero-order chi connectivity index (χ0) is 20.2. The first-order valence-corrected chi connectivity index (χ1v) is 9.48. The number of hydrogen-bond acceptors (Lipinski definition) is 3. The fourth-order valence-corrected chi connectivity index (χ4v) is 2.86. The Kier molecular flexibility index (Phi) is 10.1. The molecular formula is C23H32N2O2. The van der Waals surface area contributed by atoms with Crippen LogP contribution in [0.15, 0.2) is 67.3 Å². The highest BCUT2D eigenvalue weighted by molar-refractivity contribution is 5.92. The first-order valence-electron chi connectivity index (χ1n) is 9.48. The predicted octanol–water partition coefficient (Wildman–Crippen LogP) is 3.61. The molecule has 1 amide bonds. The molecule has 2 atom stereocenters. The zero-order valence-corrected chi connectivity index (χ0v) is 16.7. The lowest BCUT2D eigenvalue weighted by Crippen LogP contribution is -2.51. The number of benzene rings is 1. The van der Waals surface area contributed by atoms with Crippen LogP contribution in [0.25, 0.3) is 0 Å². The summed E-state index contributed by atoms with van der Waals surface area (Å²) in [7, 11) is 0. The minimum Gasteiger partial charge on any atom is -0.345 e. The molecule has 27 heavy (non-hydrogen) atoms. The highest BCUT2D eigenvalue weighted by Gasteiger charge is 2.27. The van der Waals surface area contributed by atoms with Gasteiger partial charge in [0.1, 0.15) is 0 Å². The maximum Gasteiger partial charge on any atom is 0.238 e. The number of hydrogen-bond donors (Lipinski definition) is 2. The van der Waals surface area contributed by atoms with Gasteiger partial charge in [-0.3, -0.25) is 9.59 Å². The van der Waals surface area contributed by atoms with Crippen LogP contribution in [0.4, 0.5) is 0 Å². The smallest absolute Gasteiger partial charge is 0.238 e. The third-order valence-electron chi connectivity index (χ3n) is 4.31. The molecule has 0 aliphatic heterocycles. The second-order valence-corrected chi connectivity index (χ2v) is 6.80. The number of allylic oxidation sites excluding steroid dienone is 3. The summed E-state index contributed by atoms with van der Waals surface area (Å²) in [5.74, 6) is -0.325. The van der Waals surface area contributed by atoms with Gasteiger partial charge in [0, 0.05) is 5.92 Å². The van der Waals surface area contributed by atoms with Crippen LogP contribution in [0.3, 0.4) is 0 Å². The molecule has 0 aromatic heterocycles. The molecule has 1 aromatic carbocycles. The topological polar surface area (TPSA) is 58.2 Å². The normalized spacial score (nSPS) is 13.7. The van der Waals surface area contributed by atoms with E-state index in [4.69, 9.17) is 0 Å². The number of amides is 1. The molecule has 1 rings (SSSR count). The summed E-state index contributed by atoms with van der Waals surface area (Å²) in [6.07, 6.45) is 6.14. The predicted molar refractivity (Wildman–Crippen MR) is 112 cm³/mol. The second kappa shape index (κ2) is 12.0. The van der Waals surface area contributed by atoms with Crippen molar-refractivity contribution in [2.24, 2.45) is 5.92 Å². The minimum absolute atomic E-state index is 0.00937. The number of carbonyl (C=O) groups excluding carboxylic acids is 2. The van der Waals surface area contributed by atoms with Crippen molar-refractivity contribution in [3.8, 4) is 0 Å². The van der Waals surface area contributed by atoms with Gasteiger partial charge in [-0.1, -0.05) is 82.5 Å². The molecule has 0 bridgehead atoms. The van der Waals surface area contributed by atoms with Gasteiger partial charge in [-0.15, -0.1) is 0 Å². The monoisotopic (exact) mass is 368 g/mol. The molecule has 1 aromatic rings. The van der Waals surface area contributed by atoms with Gasteiger partial charge >= 0.3 is 0 Å². The fraction of sp³-hybridized carbons (Fsp3) is 0.391. The van der Waals surface area contributed by atoms with Crippen molar-refractivity contribution in [3.63, 3.8) is 0 Å². The summed E-state index contributed by atoms with van der Waals surface area (Å²) in [6, 6.07) is 8.88. The van der Waals surface area contributed by atoms with Crippen LogP contribution in [-0.2, 0) is 16.0 Å². The van der Waals surface area contributed by atoms with Crippen molar-refractivity contribution in [1.82, 2.24) is 10.6 Å². The number of likely N-dealkylation sites (N-methyl/N-ethyl adjacent to an activating group) is 1. The Hall–Kier alpha value is -2.46. The Morgan fingerprint density at radius 3 is 2.30 bits per heavy atom. The van der Waals surface area contributed by atoms with Crippen LogP contribution < -0.4 is 10.6 Å². The number of ketones is 1. The summed E-state index contributed by atoms with van der Waals surface area (Å²) in [4.78, 5) is 25.6. The molecule has 0 aliphatic rings. The first-order chi connectivity index (χ1) is 12.9. The summed E-state index contributed by atoms with van der Waals surface area (Å²) >= 11 is 0. The van der Waals surface area contributed by atoms with Gasteiger partial charge in [-0.25, -0.2) is 0 Å². The van der Waals surface area contributed by atoms with Gasteiger partial charge in [0.15, 0.2) is 5.78 Å². The molecule has 0 heterocycles. The average Bonchev–Trinajstić information content (AvgIpc) is 2.66. The van der Waals surface area contributed by atoms with E-state index in [1.54, 1.807) is 12.2 Å². The maximum absolute atomic E-state index is 12.9. The Morgan fingerprint density at radius 1 is 1.11 bits per heavy atom. The van der Waals surface area contributed by atoms with E-state index < -0.39 is 12.1 Å². The quantitative estimate of drug-likeness (QED) is 0.554. The molecule has 0 fully saturated rings. The molecule has 0 spiro atoms. The van der Waals surface area contributed by atoms with E-state index in [-0.39, 0.29) is 17.6 Å². The molecule has 4 nitrogen and oxygen atoms in total. The van der Waals surface area contributed by atoms with Crippen LogP contribution in [-0.4, -0.2) is 30.3 Å². The molecule has 0 saturated heterocycles. The Morgan fingerprint density at radius 2 is 1.78 bits per heavy atom. The number of carbonyl (C=O) groups is 2. The molecule has 0 saturated carbocycles. The standard InChI is InChI=1S/C23H32N2O2/c1-6-12-18(7-2)15-20(22(26)17(4)5)25-23(27)21(24-8-3)16-19-13-10-9-11-14-19/h6-7,9-14,17,20-21,24H,1-2,8,15-16H2,3-5H3,(H,25,27)/b18-12+. The number of rotatable bonds is 12. The Balaban J connectivity index is 2.96. The average molecular weight is 369 g/mol. The van der Waals surface area contributed by atoms with Crippen LogP contribution in [0.5, 0.6) is 0 Å². The lowest BCUT2D eigenvalue weighted by Gasteiger charge is -2.24. The van der Waals surface area contributed by atoms with Crippen molar-refractivity contribution >= 4 is 11.7 Å². The minimum atomic E-state index is -0.585. The zero-order valence-electron chi connectivity index (χ0n) is 16.7. The Bertz CT molecular complexity index is 662. The highest BCUT2D eigenvalue weighted by Crippen LogP contribution is 2.13. The largest absolute Gasteiger partial charge is 0.345 e. The summed E-state index contributed by atoms with van der Waals surface area (Å²) in [5.41, 5.74) is 1.94. The van der Waals surface area contributed by atoms with Crippen molar-refractivity contribution in [1.29, 1.82) is 0 Å². The van der Waals surface area contributed by atoms with Crippen molar-refractivity contribution in [2.75, 3.05) is 6.54 Å². The number of nitrogens with one attached hydrogen (secondary N) is 2. The molecule has 2 unspecified atom stereocenters. The van der Waals surface area contributed by atoms with E-state index in [1.807, 2.05) is 57.2 Å². The van der Waals surface area contributed by atoms with Crippen LogP contribution in [0, 0.1) is 5.92 Å². The molecule has 0 aliphatic carbocycles. The van der Waals surface area contributed by atoms with Gasteiger partial charge in [0.25, 0.3) is 0 Å². The highest BCUT2D eigenvalue weighted by atomic mass is 16.2. The summed E-state index contributed by atoms with van der Waals surface area (Å²) in [6.45, 7) is 13.8. The van der Waals surface area contributed by atoms with Gasteiger partial charge < -0.3 is 10.6 Å². The molecular weight excluding hydrogens is 336 g/mol. The molecule has 4 heteroatoms. The van der Waals surface area contributed by atoms with E-state index in [9.17, 15) is 9.59 Å². The van der Waals surface area contributed by atoms with Crippen molar-refractivity contribution in [3.05, 3.63) is 72.9 Å². The van der Waals surface area contributed by atoms with Crippen molar-refractivity contribution in [2.45, 2.75) is 45.7 Å². The van der Waals surface area contributed by atoms with E-state index in [2.05, 4.69) is 23.8 Å². The number of Topliss-reactive ketones (excluding diaryl/α,β-unsaturated/α-hetero) is 1. The molecule has 146 valence electrons. The van der Waals surface area contributed by atoms with Crippen LogP contribution in [0.1, 0.15) is 32.8 Å². The SMILES string of the molecule is C=C/C=C(\C=C)CC(NC(=O)C(Cc1ccccc1)NCC)C(=O)C(C)C. The summed E-state index contributed by atoms with van der Waals surface area (Å²) in [5, 5.41) is 6.18. The maximum atomic E-state index is 12.9. The van der Waals surface area contributed by atoms with E-state index >= 15 is 0 Å². The van der Waals surface area contributed by atoms with Gasteiger partial charge in [-0.05, 0) is 30.5 Å². The lowest BCUT2D eigenvalue weighted by atomic mass is 9.94. The van der Waals surface area contributed by atoms with Crippen LogP contribution in [0.2, 0.25) is 0 Å².